The first-order chi connectivity index (χ1) is 17.2. The van der Waals surface area contributed by atoms with Crippen LogP contribution in [0.2, 0.25) is 0 Å². The number of nitrogens with one attached hydrogen (secondary N) is 1. The molecule has 0 bridgehead atoms. The lowest BCUT2D eigenvalue weighted by atomic mass is 10.0. The van der Waals surface area contributed by atoms with E-state index in [0.29, 0.717) is 40.2 Å². The summed E-state index contributed by atoms with van der Waals surface area (Å²) in [6, 6.07) is 15.7. The third kappa shape index (κ3) is 5.43. The zero-order valence-electron chi connectivity index (χ0n) is 19.0. The Hall–Kier alpha value is -4.47. The number of carboxylic acids is 1. The van der Waals surface area contributed by atoms with Crippen molar-refractivity contribution in [2.45, 2.75) is 19.5 Å². The van der Waals surface area contributed by atoms with Crippen molar-refractivity contribution in [1.82, 2.24) is 20.3 Å². The van der Waals surface area contributed by atoms with E-state index in [-0.39, 0.29) is 11.5 Å². The minimum absolute atomic E-state index is 0.0983. The molecule has 1 amide bonds. The van der Waals surface area contributed by atoms with Gasteiger partial charge >= 0.3 is 6.18 Å². The highest BCUT2D eigenvalue weighted by atomic mass is 19.4. The van der Waals surface area contributed by atoms with E-state index in [1.54, 1.807) is 30.3 Å². The van der Waals surface area contributed by atoms with Gasteiger partial charge in [-0.3, -0.25) is 4.79 Å². The lowest BCUT2D eigenvalue weighted by Gasteiger charge is -2.11. The van der Waals surface area contributed by atoms with Gasteiger partial charge in [-0.1, -0.05) is 36.4 Å². The van der Waals surface area contributed by atoms with Crippen LogP contribution in [0.15, 0.2) is 72.9 Å². The average Bonchev–Trinajstić information content (AvgIpc) is 3.37. The number of aromatic carboxylic acids is 1. The molecule has 3 aromatic carbocycles. The fourth-order valence-electron chi connectivity index (χ4n) is 3.53. The van der Waals surface area contributed by atoms with Gasteiger partial charge < -0.3 is 15.2 Å². The van der Waals surface area contributed by atoms with E-state index >= 15 is 0 Å². The van der Waals surface area contributed by atoms with E-state index in [0.717, 1.165) is 18.6 Å². The van der Waals surface area contributed by atoms with Crippen molar-refractivity contribution >= 4 is 11.9 Å². The first-order valence-electron chi connectivity index (χ1n) is 11.0. The third-order valence-corrected chi connectivity index (χ3v) is 5.44. The molecule has 0 saturated heterocycles. The largest absolute Gasteiger partial charge is 0.545 e. The fraction of sp³-hybridized carbons (Fsp3) is 0.154. The summed E-state index contributed by atoms with van der Waals surface area (Å²) >= 11 is 0. The van der Waals surface area contributed by atoms with Crippen molar-refractivity contribution in [3.05, 3.63) is 89.6 Å². The van der Waals surface area contributed by atoms with Crippen molar-refractivity contribution in [3.8, 4) is 28.1 Å². The summed E-state index contributed by atoms with van der Waals surface area (Å²) in [4.78, 5) is 23.8. The second-order valence-electron chi connectivity index (χ2n) is 8.01. The Morgan fingerprint density at radius 1 is 0.917 bits per heavy atom. The molecular weight excluding hydrogens is 473 g/mol. The summed E-state index contributed by atoms with van der Waals surface area (Å²) in [5.41, 5.74) is 1.89. The van der Waals surface area contributed by atoms with Gasteiger partial charge in [0.25, 0.3) is 5.91 Å². The Morgan fingerprint density at radius 3 is 2.19 bits per heavy atom. The molecule has 36 heavy (non-hydrogen) atoms. The molecule has 0 radical (unpaired) electrons. The Bertz CT molecular complexity index is 1400. The topological polar surface area (TPSA) is 99.9 Å². The molecule has 0 saturated carbocycles. The Balaban J connectivity index is 1.65. The van der Waals surface area contributed by atoms with E-state index in [2.05, 4.69) is 15.6 Å². The lowest BCUT2D eigenvalue weighted by Crippen LogP contribution is -2.23. The van der Waals surface area contributed by atoms with Crippen molar-refractivity contribution < 1.29 is 27.9 Å². The predicted molar refractivity (Wildman–Crippen MR) is 124 cm³/mol. The van der Waals surface area contributed by atoms with Gasteiger partial charge in [-0.05, 0) is 65.6 Å². The smallest absolute Gasteiger partial charge is 0.416 e. The van der Waals surface area contributed by atoms with Crippen molar-refractivity contribution in [3.63, 3.8) is 0 Å². The second kappa shape index (κ2) is 10.0. The van der Waals surface area contributed by atoms with Crippen LogP contribution in [0, 0.1) is 0 Å². The highest BCUT2D eigenvalue weighted by Crippen LogP contribution is 2.31. The van der Waals surface area contributed by atoms with E-state index in [9.17, 15) is 27.9 Å². The van der Waals surface area contributed by atoms with Crippen LogP contribution in [-0.2, 0) is 6.18 Å². The van der Waals surface area contributed by atoms with Gasteiger partial charge in [-0.25, -0.2) is 4.68 Å². The minimum atomic E-state index is -4.45. The quantitative estimate of drug-likeness (QED) is 0.418. The molecule has 0 atom stereocenters. The standard InChI is InChI=1S/C26H21F3N4O3/c1-2-11-30-24(34)18-5-3-16(4-6-18)19-12-20(25(35)36)14-22(13-19)33-15-23(31-32-33)17-7-9-21(10-8-17)26(27,28)29/h3-10,12-15H,2,11H2,1H3,(H,30,34)(H,35,36)/p-1. The number of rotatable bonds is 7. The summed E-state index contributed by atoms with van der Waals surface area (Å²) in [5.74, 6) is -1.59. The van der Waals surface area contributed by atoms with Gasteiger partial charge in [0.05, 0.1) is 23.4 Å². The van der Waals surface area contributed by atoms with Crippen LogP contribution in [-0.4, -0.2) is 33.4 Å². The number of nitrogens with zero attached hydrogens (tertiary/aromatic N) is 3. The molecule has 1 N–H and O–H groups in total. The molecule has 0 fully saturated rings. The molecule has 0 aliphatic carbocycles. The van der Waals surface area contributed by atoms with Crippen molar-refractivity contribution in [2.75, 3.05) is 6.54 Å². The average molecular weight is 493 g/mol. The lowest BCUT2D eigenvalue weighted by molar-refractivity contribution is -0.255. The molecule has 4 rings (SSSR count). The number of carbonyl (C=O) groups excluding carboxylic acids is 2. The summed E-state index contributed by atoms with van der Waals surface area (Å²) in [5, 5.41) is 22.5. The number of benzene rings is 3. The Morgan fingerprint density at radius 2 is 1.58 bits per heavy atom. The maximum atomic E-state index is 12.8. The van der Waals surface area contributed by atoms with Gasteiger partial charge in [0, 0.05) is 17.7 Å². The highest BCUT2D eigenvalue weighted by Gasteiger charge is 2.30. The van der Waals surface area contributed by atoms with E-state index in [4.69, 9.17) is 0 Å². The van der Waals surface area contributed by atoms with E-state index in [1.165, 1.54) is 35.1 Å². The van der Waals surface area contributed by atoms with Gasteiger partial charge in [-0.15, -0.1) is 5.10 Å². The third-order valence-electron chi connectivity index (χ3n) is 5.44. The number of alkyl halides is 3. The summed E-state index contributed by atoms with van der Waals surface area (Å²) in [6.45, 7) is 2.51. The van der Waals surface area contributed by atoms with Crippen LogP contribution in [0.3, 0.4) is 0 Å². The molecule has 0 spiro atoms. The molecule has 7 nitrogen and oxygen atoms in total. The normalized spacial score (nSPS) is 11.3. The summed E-state index contributed by atoms with van der Waals surface area (Å²) in [7, 11) is 0. The maximum Gasteiger partial charge on any atom is 0.416 e. The molecular formula is C26H20F3N4O3-. The Labute approximate surface area is 204 Å². The number of hydrogen-bond acceptors (Lipinski definition) is 5. The highest BCUT2D eigenvalue weighted by molar-refractivity contribution is 5.95. The van der Waals surface area contributed by atoms with Crippen LogP contribution in [0.4, 0.5) is 13.2 Å². The molecule has 10 heteroatoms. The minimum Gasteiger partial charge on any atom is -0.545 e. The molecule has 184 valence electrons. The molecule has 0 unspecified atom stereocenters. The van der Waals surface area contributed by atoms with Crippen molar-refractivity contribution in [2.24, 2.45) is 0 Å². The zero-order valence-corrected chi connectivity index (χ0v) is 19.0. The number of halogens is 3. The number of aromatic nitrogens is 3. The second-order valence-corrected chi connectivity index (χ2v) is 8.01. The molecule has 1 heterocycles. The zero-order chi connectivity index (χ0) is 25.9. The number of carboxylic acid groups (broad SMARTS) is 1. The van der Waals surface area contributed by atoms with Crippen LogP contribution >= 0.6 is 0 Å². The van der Waals surface area contributed by atoms with Crippen LogP contribution in [0.25, 0.3) is 28.1 Å². The Kier molecular flexibility index (Phi) is 6.86. The predicted octanol–water partition coefficient (Wildman–Crippen LogP) is 4.12. The van der Waals surface area contributed by atoms with Crippen LogP contribution in [0.5, 0.6) is 0 Å². The van der Waals surface area contributed by atoms with Crippen molar-refractivity contribution in [1.29, 1.82) is 0 Å². The fourth-order valence-corrected chi connectivity index (χ4v) is 3.53. The number of carbonyl (C=O) groups is 2. The SMILES string of the molecule is CCCNC(=O)c1ccc(-c2cc(C(=O)[O-])cc(-n3cc(-c4ccc(C(F)(F)F)cc4)nn3)c2)cc1. The molecule has 0 aliphatic rings. The van der Waals surface area contributed by atoms with Gasteiger partial charge in [-0.2, -0.15) is 13.2 Å². The summed E-state index contributed by atoms with van der Waals surface area (Å²) < 4.78 is 39.8. The van der Waals surface area contributed by atoms with Crippen LogP contribution in [0.1, 0.15) is 39.6 Å². The first-order valence-corrected chi connectivity index (χ1v) is 11.0. The molecule has 1 aromatic heterocycles. The maximum absolute atomic E-state index is 12.8. The molecule has 4 aromatic rings. The van der Waals surface area contributed by atoms with E-state index < -0.39 is 17.7 Å². The van der Waals surface area contributed by atoms with E-state index in [1.807, 2.05) is 6.92 Å². The van der Waals surface area contributed by atoms with Gasteiger partial charge in [0.2, 0.25) is 0 Å². The van der Waals surface area contributed by atoms with Crippen LogP contribution < -0.4 is 10.4 Å². The number of hydrogen-bond donors (Lipinski definition) is 1. The summed E-state index contributed by atoms with van der Waals surface area (Å²) in [6.07, 6.45) is -2.15. The van der Waals surface area contributed by atoms with Gasteiger partial charge in [0.1, 0.15) is 5.69 Å². The first kappa shape index (κ1) is 24.6. The monoisotopic (exact) mass is 493 g/mol. The number of amides is 1. The molecule has 0 aliphatic heterocycles. The van der Waals surface area contributed by atoms with Gasteiger partial charge in [0.15, 0.2) is 0 Å².